The van der Waals surface area contributed by atoms with E-state index in [-0.39, 0.29) is 17.5 Å². The van der Waals surface area contributed by atoms with Crippen molar-refractivity contribution in [2.75, 3.05) is 11.1 Å². The van der Waals surface area contributed by atoms with Crippen LogP contribution in [-0.2, 0) is 4.79 Å². The molecule has 0 aliphatic carbocycles. The van der Waals surface area contributed by atoms with E-state index in [2.05, 4.69) is 15.6 Å². The zero-order chi connectivity index (χ0) is 14.9. The molecule has 6 heteroatoms. The number of nitrogens with zero attached hydrogens (tertiary/aromatic N) is 1. The van der Waals surface area contributed by atoms with Crippen LogP contribution in [0.25, 0.3) is 10.2 Å². The predicted molar refractivity (Wildman–Crippen MR) is 85.0 cm³/mol. The van der Waals surface area contributed by atoms with Gasteiger partial charge in [-0.2, -0.15) is 0 Å². The zero-order valence-corrected chi connectivity index (χ0v) is 13.0. The summed E-state index contributed by atoms with van der Waals surface area (Å²) in [5.74, 6) is -0.0599. The molecule has 0 aliphatic rings. The Kier molecular flexibility index (Phi) is 3.85. The van der Waals surface area contributed by atoms with Gasteiger partial charge in [0, 0.05) is 5.54 Å². The first kappa shape index (κ1) is 14.6. The number of hydrogen-bond donors (Lipinski definition) is 3. The van der Waals surface area contributed by atoms with Crippen molar-refractivity contribution in [2.45, 2.75) is 39.3 Å². The van der Waals surface area contributed by atoms with Crippen LogP contribution in [0.1, 0.15) is 27.7 Å². The smallest absolute Gasteiger partial charge is 0.242 e. The molecule has 1 amide bonds. The van der Waals surface area contributed by atoms with Crippen LogP contribution in [-0.4, -0.2) is 22.5 Å². The third-order valence-electron chi connectivity index (χ3n) is 2.81. The van der Waals surface area contributed by atoms with Gasteiger partial charge in [0.05, 0.1) is 21.6 Å². The monoisotopic (exact) mass is 292 g/mol. The second-order valence-electron chi connectivity index (χ2n) is 5.83. The van der Waals surface area contributed by atoms with Crippen molar-refractivity contribution in [3.63, 3.8) is 0 Å². The highest BCUT2D eigenvalue weighted by Gasteiger charge is 2.20. The summed E-state index contributed by atoms with van der Waals surface area (Å²) in [6.07, 6.45) is 0. The van der Waals surface area contributed by atoms with Crippen molar-refractivity contribution in [1.29, 1.82) is 0 Å². The molecule has 0 aliphatic heterocycles. The van der Waals surface area contributed by atoms with E-state index in [1.54, 1.807) is 16.8 Å². The first-order valence-electron chi connectivity index (χ1n) is 6.48. The van der Waals surface area contributed by atoms with Crippen LogP contribution in [0.5, 0.6) is 0 Å². The number of carbonyl (C=O) groups excluding carboxylic acids is 1. The van der Waals surface area contributed by atoms with Crippen LogP contribution < -0.4 is 16.4 Å². The molecule has 2 aromatic rings. The molecular formula is C14H20N4OS. The van der Waals surface area contributed by atoms with Crippen molar-refractivity contribution in [1.82, 2.24) is 10.3 Å². The molecule has 108 valence electrons. The number of nitrogens with two attached hydrogens (primary N) is 1. The summed E-state index contributed by atoms with van der Waals surface area (Å²) in [6, 6.07) is 3.48. The Balaban J connectivity index is 2.15. The van der Waals surface area contributed by atoms with Gasteiger partial charge in [0.25, 0.3) is 0 Å². The third-order valence-corrected chi connectivity index (χ3v) is 3.60. The molecular weight excluding hydrogens is 272 g/mol. The number of nitrogen functional groups attached to an aromatic ring is 1. The summed E-state index contributed by atoms with van der Waals surface area (Å²) in [6.45, 7) is 7.67. The molecule has 0 fully saturated rings. The summed E-state index contributed by atoms with van der Waals surface area (Å²) < 4.78 is 1.04. The molecule has 0 spiro atoms. The average Bonchev–Trinajstić information content (AvgIpc) is 2.79. The quantitative estimate of drug-likeness (QED) is 0.760. The highest BCUT2D eigenvalue weighted by Crippen LogP contribution is 2.30. The van der Waals surface area contributed by atoms with Crippen molar-refractivity contribution in [3.05, 3.63) is 17.6 Å². The van der Waals surface area contributed by atoms with Gasteiger partial charge in [-0.05, 0) is 39.8 Å². The highest BCUT2D eigenvalue weighted by atomic mass is 32.1. The van der Waals surface area contributed by atoms with Crippen LogP contribution in [0.15, 0.2) is 17.6 Å². The number of anilines is 2. The minimum atomic E-state index is -0.368. The molecule has 1 heterocycles. The normalized spacial score (nSPS) is 13.2. The average molecular weight is 292 g/mol. The Morgan fingerprint density at radius 3 is 2.75 bits per heavy atom. The lowest BCUT2D eigenvalue weighted by Gasteiger charge is -2.24. The van der Waals surface area contributed by atoms with Gasteiger partial charge in [-0.15, -0.1) is 11.3 Å². The summed E-state index contributed by atoms with van der Waals surface area (Å²) in [4.78, 5) is 16.3. The van der Waals surface area contributed by atoms with Gasteiger partial charge < -0.3 is 16.4 Å². The summed E-state index contributed by atoms with van der Waals surface area (Å²) >= 11 is 1.55. The van der Waals surface area contributed by atoms with E-state index in [1.807, 2.05) is 39.8 Å². The van der Waals surface area contributed by atoms with Crippen LogP contribution >= 0.6 is 11.3 Å². The fraction of sp³-hybridized carbons (Fsp3) is 0.429. The van der Waals surface area contributed by atoms with Gasteiger partial charge in [0.1, 0.15) is 11.6 Å². The molecule has 1 atom stereocenters. The second-order valence-corrected chi connectivity index (χ2v) is 6.72. The van der Waals surface area contributed by atoms with Gasteiger partial charge in [0.15, 0.2) is 0 Å². The summed E-state index contributed by atoms with van der Waals surface area (Å²) in [5, 5.41) is 6.08. The number of rotatable bonds is 3. The lowest BCUT2D eigenvalue weighted by Crippen LogP contribution is -2.47. The SMILES string of the molecule is CC(Nc1ccc2scnc2c1N)C(=O)NC(C)(C)C. The number of benzene rings is 1. The first-order chi connectivity index (χ1) is 9.28. The van der Waals surface area contributed by atoms with Gasteiger partial charge in [-0.1, -0.05) is 0 Å². The molecule has 0 saturated heterocycles. The zero-order valence-electron chi connectivity index (χ0n) is 12.2. The molecule has 0 radical (unpaired) electrons. The van der Waals surface area contributed by atoms with Gasteiger partial charge in [0.2, 0.25) is 5.91 Å². The van der Waals surface area contributed by atoms with E-state index in [0.29, 0.717) is 5.69 Å². The molecule has 1 aromatic carbocycles. The number of fused-ring (bicyclic) bond motifs is 1. The molecule has 4 N–H and O–H groups in total. The molecule has 0 bridgehead atoms. The second kappa shape index (κ2) is 5.28. The fourth-order valence-electron chi connectivity index (χ4n) is 1.85. The van der Waals surface area contributed by atoms with Crippen LogP contribution in [0.2, 0.25) is 0 Å². The fourth-order valence-corrected chi connectivity index (χ4v) is 2.55. The minimum Gasteiger partial charge on any atom is -0.395 e. The Morgan fingerprint density at radius 1 is 1.40 bits per heavy atom. The number of amides is 1. The third kappa shape index (κ3) is 3.19. The van der Waals surface area contributed by atoms with E-state index in [4.69, 9.17) is 5.73 Å². The number of nitrogens with one attached hydrogen (secondary N) is 2. The highest BCUT2D eigenvalue weighted by molar-refractivity contribution is 7.16. The molecule has 1 aromatic heterocycles. The van der Waals surface area contributed by atoms with Crippen molar-refractivity contribution < 1.29 is 4.79 Å². The largest absolute Gasteiger partial charge is 0.395 e. The molecule has 1 unspecified atom stereocenters. The molecule has 5 nitrogen and oxygen atoms in total. The maximum atomic E-state index is 12.1. The Hall–Kier alpha value is -1.82. The number of carbonyl (C=O) groups is 1. The van der Waals surface area contributed by atoms with Crippen LogP contribution in [0.4, 0.5) is 11.4 Å². The standard InChI is InChI=1S/C14H20N4OS/c1-8(13(19)18-14(2,3)4)17-9-5-6-10-12(11(9)15)16-7-20-10/h5-8,17H,15H2,1-4H3,(H,18,19). The Bertz CT molecular complexity index is 630. The lowest BCUT2D eigenvalue weighted by atomic mass is 10.1. The van der Waals surface area contributed by atoms with Crippen molar-refractivity contribution in [2.24, 2.45) is 0 Å². The summed E-state index contributed by atoms with van der Waals surface area (Å²) in [7, 11) is 0. The summed E-state index contributed by atoms with van der Waals surface area (Å²) in [5.41, 5.74) is 9.70. The van der Waals surface area contributed by atoms with Gasteiger partial charge >= 0.3 is 0 Å². The number of hydrogen-bond acceptors (Lipinski definition) is 5. The first-order valence-corrected chi connectivity index (χ1v) is 7.36. The minimum absolute atomic E-state index is 0.0599. The van der Waals surface area contributed by atoms with E-state index in [1.165, 1.54) is 0 Å². The van der Waals surface area contributed by atoms with Crippen LogP contribution in [0, 0.1) is 0 Å². The lowest BCUT2D eigenvalue weighted by molar-refractivity contribution is -0.122. The molecule has 20 heavy (non-hydrogen) atoms. The van der Waals surface area contributed by atoms with Crippen molar-refractivity contribution >= 4 is 38.8 Å². The Morgan fingerprint density at radius 2 is 2.10 bits per heavy atom. The van der Waals surface area contributed by atoms with E-state index >= 15 is 0 Å². The van der Waals surface area contributed by atoms with E-state index in [0.717, 1.165) is 15.9 Å². The van der Waals surface area contributed by atoms with E-state index in [9.17, 15) is 4.79 Å². The topological polar surface area (TPSA) is 80.0 Å². The van der Waals surface area contributed by atoms with Crippen LogP contribution in [0.3, 0.4) is 0 Å². The predicted octanol–water partition coefficient (Wildman–Crippen LogP) is 2.59. The van der Waals surface area contributed by atoms with Gasteiger partial charge in [-0.3, -0.25) is 4.79 Å². The molecule has 0 saturated carbocycles. The maximum absolute atomic E-state index is 12.1. The van der Waals surface area contributed by atoms with E-state index < -0.39 is 0 Å². The maximum Gasteiger partial charge on any atom is 0.242 e. The number of thiazole rings is 1. The van der Waals surface area contributed by atoms with Crippen molar-refractivity contribution in [3.8, 4) is 0 Å². The molecule has 2 rings (SSSR count). The number of aromatic nitrogens is 1. The Labute approximate surface area is 122 Å². The van der Waals surface area contributed by atoms with Gasteiger partial charge in [-0.25, -0.2) is 4.98 Å².